The van der Waals surface area contributed by atoms with Gasteiger partial charge >= 0.3 is 0 Å². The number of hydrogen-bond donors (Lipinski definition) is 0. The fourth-order valence-electron chi connectivity index (χ4n) is 6.10. The maximum atomic E-state index is 13.8. The fraction of sp³-hybridized carbons (Fsp3) is 0.290. The van der Waals surface area contributed by atoms with Gasteiger partial charge in [-0.1, -0.05) is 85.6 Å². The molecule has 176 valence electrons. The molecule has 1 spiro atoms. The SMILES string of the molecule is O=c1nc(CSc2ccccc2)n(CCc2ccccc2)c2c1C1(CCCC1)Cc1ccccc1-2. The van der Waals surface area contributed by atoms with Crippen LogP contribution < -0.4 is 5.56 Å². The van der Waals surface area contributed by atoms with Gasteiger partial charge in [0.25, 0.3) is 5.56 Å². The molecule has 0 bridgehead atoms. The van der Waals surface area contributed by atoms with E-state index in [-0.39, 0.29) is 11.0 Å². The number of aryl methyl sites for hydroxylation is 1. The second-order valence-corrected chi connectivity index (χ2v) is 10.9. The fourth-order valence-corrected chi connectivity index (χ4v) is 6.96. The highest BCUT2D eigenvalue weighted by molar-refractivity contribution is 7.98. The average molecular weight is 479 g/mol. The Morgan fingerprint density at radius 3 is 2.31 bits per heavy atom. The normalized spacial score (nSPS) is 15.7. The van der Waals surface area contributed by atoms with Gasteiger partial charge in [-0.25, -0.2) is 0 Å². The third-order valence-electron chi connectivity index (χ3n) is 7.73. The van der Waals surface area contributed by atoms with Crippen LogP contribution in [0, 0.1) is 0 Å². The first-order valence-electron chi connectivity index (χ1n) is 12.7. The lowest BCUT2D eigenvalue weighted by Crippen LogP contribution is -2.39. The molecule has 3 nitrogen and oxygen atoms in total. The molecule has 4 heteroatoms. The zero-order valence-electron chi connectivity index (χ0n) is 20.0. The summed E-state index contributed by atoms with van der Waals surface area (Å²) in [5.74, 6) is 1.56. The van der Waals surface area contributed by atoms with Crippen LogP contribution in [0.5, 0.6) is 0 Å². The quantitative estimate of drug-likeness (QED) is 0.285. The van der Waals surface area contributed by atoms with Gasteiger partial charge < -0.3 is 4.57 Å². The Labute approximate surface area is 211 Å². The van der Waals surface area contributed by atoms with Gasteiger partial charge in [-0.15, -0.1) is 11.8 Å². The molecule has 2 aliphatic carbocycles. The van der Waals surface area contributed by atoms with Crippen LogP contribution >= 0.6 is 11.8 Å². The summed E-state index contributed by atoms with van der Waals surface area (Å²) in [6.45, 7) is 0.814. The van der Waals surface area contributed by atoms with Gasteiger partial charge in [0.15, 0.2) is 0 Å². The number of nitrogens with zero attached hydrogens (tertiary/aromatic N) is 2. The topological polar surface area (TPSA) is 34.9 Å². The van der Waals surface area contributed by atoms with E-state index >= 15 is 0 Å². The van der Waals surface area contributed by atoms with Crippen LogP contribution in [0.2, 0.25) is 0 Å². The Morgan fingerprint density at radius 2 is 1.54 bits per heavy atom. The van der Waals surface area contributed by atoms with E-state index in [0.29, 0.717) is 5.75 Å². The van der Waals surface area contributed by atoms with Crippen molar-refractivity contribution < 1.29 is 0 Å². The van der Waals surface area contributed by atoms with Crippen LogP contribution in [0.1, 0.15) is 48.2 Å². The highest BCUT2D eigenvalue weighted by atomic mass is 32.2. The molecule has 1 saturated carbocycles. The summed E-state index contributed by atoms with van der Waals surface area (Å²) < 4.78 is 2.39. The predicted octanol–water partition coefficient (Wildman–Crippen LogP) is 6.81. The molecule has 6 rings (SSSR count). The molecule has 0 aliphatic heterocycles. The van der Waals surface area contributed by atoms with Crippen molar-refractivity contribution >= 4 is 11.8 Å². The predicted molar refractivity (Wildman–Crippen MR) is 144 cm³/mol. The zero-order valence-corrected chi connectivity index (χ0v) is 20.8. The minimum Gasteiger partial charge on any atom is -0.328 e. The van der Waals surface area contributed by atoms with Gasteiger partial charge in [0.2, 0.25) is 0 Å². The minimum absolute atomic E-state index is 0.00368. The Kier molecular flexibility index (Phi) is 6.07. The number of hydrogen-bond acceptors (Lipinski definition) is 3. The van der Waals surface area contributed by atoms with E-state index < -0.39 is 0 Å². The van der Waals surface area contributed by atoms with Gasteiger partial charge in [-0.05, 0) is 48.9 Å². The maximum absolute atomic E-state index is 13.8. The monoisotopic (exact) mass is 478 g/mol. The molecule has 2 aliphatic rings. The first kappa shape index (κ1) is 22.4. The van der Waals surface area contributed by atoms with Crippen molar-refractivity contribution in [3.63, 3.8) is 0 Å². The molecule has 0 saturated heterocycles. The van der Waals surface area contributed by atoms with E-state index in [1.54, 1.807) is 11.8 Å². The molecule has 4 aromatic rings. The highest BCUT2D eigenvalue weighted by Gasteiger charge is 2.44. The minimum atomic E-state index is -0.0621. The van der Waals surface area contributed by atoms with Gasteiger partial charge in [0.05, 0.1) is 17.0 Å². The average Bonchev–Trinajstić information content (AvgIpc) is 3.36. The smallest absolute Gasteiger partial charge is 0.277 e. The van der Waals surface area contributed by atoms with Crippen molar-refractivity contribution in [2.45, 2.75) is 61.1 Å². The van der Waals surface area contributed by atoms with Crippen molar-refractivity contribution in [1.29, 1.82) is 0 Å². The van der Waals surface area contributed by atoms with Crippen molar-refractivity contribution in [2.24, 2.45) is 0 Å². The van der Waals surface area contributed by atoms with E-state index in [4.69, 9.17) is 4.98 Å². The number of benzene rings is 3. The Hall–Kier alpha value is -3.11. The zero-order chi connectivity index (χ0) is 23.7. The van der Waals surface area contributed by atoms with E-state index in [2.05, 4.69) is 83.4 Å². The summed E-state index contributed by atoms with van der Waals surface area (Å²) in [4.78, 5) is 19.7. The van der Waals surface area contributed by atoms with Crippen LogP contribution in [0.4, 0.5) is 0 Å². The number of rotatable bonds is 6. The molecule has 0 atom stereocenters. The molecule has 0 N–H and O–H groups in total. The lowest BCUT2D eigenvalue weighted by atomic mass is 9.68. The van der Waals surface area contributed by atoms with Crippen LogP contribution in [0.3, 0.4) is 0 Å². The summed E-state index contributed by atoms with van der Waals surface area (Å²) >= 11 is 1.75. The summed E-state index contributed by atoms with van der Waals surface area (Å²) in [6, 6.07) is 29.8. The molecule has 1 aromatic heterocycles. The number of thioether (sulfide) groups is 1. The molecular weight excluding hydrogens is 448 g/mol. The third kappa shape index (κ3) is 4.25. The first-order valence-corrected chi connectivity index (χ1v) is 13.7. The van der Waals surface area contributed by atoms with Gasteiger partial charge in [0.1, 0.15) is 5.82 Å². The Morgan fingerprint density at radius 1 is 0.857 bits per heavy atom. The largest absolute Gasteiger partial charge is 0.328 e. The first-order chi connectivity index (χ1) is 17.2. The molecule has 1 heterocycles. The summed E-state index contributed by atoms with van der Waals surface area (Å²) in [5, 5.41) is 0. The van der Waals surface area contributed by atoms with Crippen molar-refractivity contribution in [3.8, 4) is 11.3 Å². The molecule has 0 unspecified atom stereocenters. The number of aromatic nitrogens is 2. The van der Waals surface area contributed by atoms with Crippen LogP contribution in [-0.4, -0.2) is 9.55 Å². The lowest BCUT2D eigenvalue weighted by Gasteiger charge is -2.38. The third-order valence-corrected chi connectivity index (χ3v) is 8.74. The Balaban J connectivity index is 1.51. The van der Waals surface area contributed by atoms with E-state index in [0.717, 1.165) is 49.3 Å². The van der Waals surface area contributed by atoms with Crippen molar-refractivity contribution in [1.82, 2.24) is 9.55 Å². The second-order valence-electron chi connectivity index (χ2n) is 9.87. The molecule has 3 aromatic carbocycles. The van der Waals surface area contributed by atoms with E-state index in [9.17, 15) is 4.79 Å². The molecule has 1 fully saturated rings. The number of fused-ring (bicyclic) bond motifs is 4. The van der Waals surface area contributed by atoms with Gasteiger partial charge in [0, 0.05) is 22.4 Å². The lowest BCUT2D eigenvalue weighted by molar-refractivity contribution is 0.420. The van der Waals surface area contributed by atoms with Gasteiger partial charge in [-0.3, -0.25) is 4.79 Å². The standard InChI is InChI=1S/C31H30N2OS/c34-30-28-29(26-16-8-7-13-24(26)21-31(28)18-9-10-19-31)33(20-17-23-11-3-1-4-12-23)27(32-30)22-35-25-14-5-2-6-15-25/h1-8,11-16H,9-10,17-22H2. The van der Waals surface area contributed by atoms with Crippen LogP contribution in [0.15, 0.2) is 94.6 Å². The summed E-state index contributed by atoms with van der Waals surface area (Å²) in [6.07, 6.45) is 6.43. The van der Waals surface area contributed by atoms with E-state index in [1.165, 1.54) is 34.4 Å². The Bertz CT molecular complexity index is 1390. The van der Waals surface area contributed by atoms with Crippen LogP contribution in [-0.2, 0) is 30.6 Å². The molecule has 35 heavy (non-hydrogen) atoms. The van der Waals surface area contributed by atoms with Crippen molar-refractivity contribution in [3.05, 3.63) is 118 Å². The van der Waals surface area contributed by atoms with E-state index in [1.807, 2.05) is 6.07 Å². The summed E-state index contributed by atoms with van der Waals surface area (Å²) in [7, 11) is 0. The van der Waals surface area contributed by atoms with Gasteiger partial charge in [-0.2, -0.15) is 4.98 Å². The van der Waals surface area contributed by atoms with Crippen LogP contribution in [0.25, 0.3) is 11.3 Å². The molecule has 0 amide bonds. The highest BCUT2D eigenvalue weighted by Crippen LogP contribution is 2.50. The second kappa shape index (κ2) is 9.50. The molecule has 0 radical (unpaired) electrons. The maximum Gasteiger partial charge on any atom is 0.277 e. The summed E-state index contributed by atoms with van der Waals surface area (Å²) in [5.41, 5.74) is 5.95. The molecular formula is C31H30N2OS. The van der Waals surface area contributed by atoms with Crippen molar-refractivity contribution in [2.75, 3.05) is 0 Å².